The van der Waals surface area contributed by atoms with Crippen LogP contribution in [0.2, 0.25) is 0 Å². The Morgan fingerprint density at radius 2 is 1.01 bits per heavy atom. The van der Waals surface area contributed by atoms with Gasteiger partial charge in [-0.1, -0.05) is 244 Å². The number of carbonyl (C=O) groups is 3. The number of amides is 2. The van der Waals surface area contributed by atoms with E-state index in [1.807, 2.05) is 6.08 Å². The number of aliphatic hydroxyl groups excluding tert-OH is 11. The summed E-state index contributed by atoms with van der Waals surface area (Å²) in [5.41, 5.74) is 0. The summed E-state index contributed by atoms with van der Waals surface area (Å²) < 4.78 is 34.8. The fourth-order valence-corrected chi connectivity index (χ4v) is 12.7. The molecule has 3 heterocycles. The van der Waals surface area contributed by atoms with E-state index in [2.05, 4.69) is 24.5 Å². The van der Waals surface area contributed by atoms with Crippen molar-refractivity contribution in [3.05, 3.63) is 12.2 Å². The number of aliphatic carboxylic acids is 1. The number of carbonyl (C=O) groups excluding carboxylic acids is 2. The second-order valence-electron chi connectivity index (χ2n) is 26.5. The van der Waals surface area contributed by atoms with E-state index in [-0.39, 0.29) is 12.3 Å². The molecule has 92 heavy (non-hydrogen) atoms. The first-order valence-electron chi connectivity index (χ1n) is 36.1. The summed E-state index contributed by atoms with van der Waals surface area (Å²) in [5, 5.41) is 136. The lowest BCUT2D eigenvalue weighted by Gasteiger charge is -2.50. The molecule has 14 N–H and O–H groups in total. The minimum atomic E-state index is -3.08. The predicted octanol–water partition coefficient (Wildman–Crippen LogP) is 7.07. The number of nitrogens with one attached hydrogen (secondary N) is 2. The minimum absolute atomic E-state index is 0.204. The molecule has 3 fully saturated rings. The Morgan fingerprint density at radius 1 is 0.565 bits per heavy atom. The van der Waals surface area contributed by atoms with E-state index in [0.29, 0.717) is 12.8 Å². The lowest BCUT2D eigenvalue weighted by molar-refractivity contribution is -0.386. The normalized spacial score (nSPS) is 28.3. The molecule has 540 valence electrons. The Morgan fingerprint density at radius 3 is 1.45 bits per heavy atom. The van der Waals surface area contributed by atoms with E-state index in [1.165, 1.54) is 180 Å². The van der Waals surface area contributed by atoms with Crippen molar-refractivity contribution in [1.29, 1.82) is 0 Å². The summed E-state index contributed by atoms with van der Waals surface area (Å²) in [5.74, 6) is -6.14. The number of rotatable bonds is 55. The highest BCUT2D eigenvalue weighted by Gasteiger charge is 2.60. The maximum atomic E-state index is 13.4. The molecule has 0 aromatic carbocycles. The molecule has 0 aliphatic carbocycles. The molecule has 23 heteroatoms. The SMILES string of the molecule is CCCCCCCCCCCCCCCCCCCCCCCCC/C=C/C(O)C(COC1OC(CO)C(OC2OC(CO)C(O)C(OC3(C(=O)O)CC(O)C(NC(C)=O)C(C(O)C(O)CO)O3)C2O)C(O)C1O)NC(=O)CCCCCCCCCCCCCCC. The largest absolute Gasteiger partial charge is 0.477 e. The van der Waals surface area contributed by atoms with Crippen molar-refractivity contribution in [3.63, 3.8) is 0 Å². The topological polar surface area (TPSA) is 373 Å². The van der Waals surface area contributed by atoms with Crippen LogP contribution in [0.4, 0.5) is 0 Å². The highest BCUT2D eigenvalue weighted by atomic mass is 16.8. The van der Waals surface area contributed by atoms with Crippen molar-refractivity contribution in [1.82, 2.24) is 10.6 Å². The van der Waals surface area contributed by atoms with Gasteiger partial charge in [0.05, 0.1) is 50.7 Å². The molecule has 23 nitrogen and oxygen atoms in total. The number of unbranched alkanes of at least 4 members (excludes halogenated alkanes) is 35. The van der Waals surface area contributed by atoms with Crippen LogP contribution in [0.3, 0.4) is 0 Å². The molecule has 0 spiro atoms. The van der Waals surface area contributed by atoms with Gasteiger partial charge in [0.15, 0.2) is 12.6 Å². The van der Waals surface area contributed by atoms with Gasteiger partial charge in [0.25, 0.3) is 5.79 Å². The Hall–Kier alpha value is -2.53. The fraction of sp³-hybridized carbons (Fsp3) is 0.928. The maximum absolute atomic E-state index is 13.4. The van der Waals surface area contributed by atoms with Gasteiger partial charge in [-0.15, -0.1) is 0 Å². The van der Waals surface area contributed by atoms with Crippen LogP contribution in [-0.2, 0) is 42.8 Å². The van der Waals surface area contributed by atoms with Gasteiger partial charge in [0, 0.05) is 19.8 Å². The van der Waals surface area contributed by atoms with Crippen molar-refractivity contribution >= 4 is 17.8 Å². The molecule has 18 unspecified atom stereocenters. The number of allylic oxidation sites excluding steroid dienone is 1. The maximum Gasteiger partial charge on any atom is 0.364 e. The summed E-state index contributed by atoms with van der Waals surface area (Å²) in [6.45, 7) is 2.15. The first-order chi connectivity index (χ1) is 44.4. The van der Waals surface area contributed by atoms with E-state index in [4.69, 9.17) is 28.4 Å². The average Bonchev–Trinajstić information content (AvgIpc) is 0.772. The van der Waals surface area contributed by atoms with Crippen molar-refractivity contribution in [3.8, 4) is 0 Å². The third-order valence-corrected chi connectivity index (χ3v) is 18.5. The second-order valence-corrected chi connectivity index (χ2v) is 26.5. The molecule has 18 atom stereocenters. The summed E-state index contributed by atoms with van der Waals surface area (Å²) >= 11 is 0. The van der Waals surface area contributed by atoms with Crippen LogP contribution in [-0.4, -0.2) is 215 Å². The Balaban J connectivity index is 1.56. The summed E-state index contributed by atoms with van der Waals surface area (Å²) in [4.78, 5) is 38.5. The third kappa shape index (κ3) is 31.8. The predicted molar refractivity (Wildman–Crippen MR) is 348 cm³/mol. The lowest BCUT2D eigenvalue weighted by atomic mass is 9.88. The Bertz CT molecular complexity index is 1910. The Kier molecular flexibility index (Phi) is 45.4. The zero-order valence-corrected chi connectivity index (χ0v) is 56.4. The summed E-state index contributed by atoms with van der Waals surface area (Å²) in [6.07, 6.45) is 19.8. The standard InChI is InChI=1S/C69H128N2O21/c1-4-6-8-10-12-14-16-18-19-20-21-22-23-24-25-26-27-28-29-31-32-34-36-38-40-42-51(76)50(71-56(79)43-41-39-37-35-33-30-17-15-13-11-9-7-5-2)48-87-66-61(83)60(82)63(55(47-74)89-66)90-67-62(84)65(59(81)54(46-73)88-67)92-69(68(85)86)44-52(77)57(70-49(3)75)64(91-69)58(80)53(78)45-72/h40,42,50-55,57-67,72-74,76-78,80-84H,4-39,41,43-48H2,1-3H3,(H,70,75)(H,71,79)(H,85,86)/b42-40+. The number of hydrogen-bond donors (Lipinski definition) is 14. The highest BCUT2D eigenvalue weighted by Crippen LogP contribution is 2.39. The van der Waals surface area contributed by atoms with E-state index in [0.717, 1.165) is 51.9 Å². The quantitative estimate of drug-likeness (QED) is 0.0214. The molecule has 0 saturated carbocycles. The number of aliphatic hydroxyl groups is 11. The zero-order valence-electron chi connectivity index (χ0n) is 56.4. The van der Waals surface area contributed by atoms with Gasteiger partial charge in [-0.25, -0.2) is 4.79 Å². The van der Waals surface area contributed by atoms with Gasteiger partial charge in [0.1, 0.15) is 67.1 Å². The molecule has 0 aromatic rings. The van der Waals surface area contributed by atoms with Crippen molar-refractivity contribution < 1.29 is 104 Å². The van der Waals surface area contributed by atoms with Crippen LogP contribution in [0.5, 0.6) is 0 Å². The van der Waals surface area contributed by atoms with Gasteiger partial charge in [0.2, 0.25) is 11.8 Å². The van der Waals surface area contributed by atoms with Crippen molar-refractivity contribution in [2.45, 2.75) is 381 Å². The van der Waals surface area contributed by atoms with Gasteiger partial charge in [-0.05, 0) is 19.3 Å². The number of carboxylic acids is 1. The fourth-order valence-electron chi connectivity index (χ4n) is 12.7. The molecular formula is C69H128N2O21. The molecule has 0 bridgehead atoms. The smallest absolute Gasteiger partial charge is 0.364 e. The second kappa shape index (κ2) is 49.9. The van der Waals surface area contributed by atoms with E-state index < -0.39 is 155 Å². The van der Waals surface area contributed by atoms with E-state index >= 15 is 0 Å². The molecule has 3 rings (SSSR count). The number of ether oxygens (including phenoxy) is 6. The minimum Gasteiger partial charge on any atom is -0.477 e. The van der Waals surface area contributed by atoms with Crippen molar-refractivity contribution in [2.24, 2.45) is 0 Å². The Labute approximate surface area is 550 Å². The van der Waals surface area contributed by atoms with Crippen LogP contribution in [0, 0.1) is 0 Å². The summed E-state index contributed by atoms with van der Waals surface area (Å²) in [6, 6.07) is -2.61. The van der Waals surface area contributed by atoms with Gasteiger partial charge < -0.3 is 100 Å². The van der Waals surface area contributed by atoms with Gasteiger partial charge in [-0.2, -0.15) is 0 Å². The van der Waals surface area contributed by atoms with Crippen LogP contribution < -0.4 is 10.6 Å². The van der Waals surface area contributed by atoms with E-state index in [9.17, 15) is 75.7 Å². The van der Waals surface area contributed by atoms with Crippen molar-refractivity contribution in [2.75, 3.05) is 26.4 Å². The van der Waals surface area contributed by atoms with Crippen LogP contribution in [0.25, 0.3) is 0 Å². The van der Waals surface area contributed by atoms with Gasteiger partial charge in [-0.3, -0.25) is 9.59 Å². The number of carboxylic acid groups (broad SMARTS) is 1. The van der Waals surface area contributed by atoms with Crippen LogP contribution in [0.15, 0.2) is 12.2 Å². The molecule has 2 amide bonds. The first-order valence-corrected chi connectivity index (χ1v) is 36.1. The van der Waals surface area contributed by atoms with E-state index in [1.54, 1.807) is 6.08 Å². The lowest BCUT2D eigenvalue weighted by Crippen LogP contribution is -2.70. The molecule has 3 aliphatic heterocycles. The number of hydrogen-bond acceptors (Lipinski definition) is 20. The monoisotopic (exact) mass is 1320 g/mol. The van der Waals surface area contributed by atoms with Crippen LogP contribution in [0.1, 0.15) is 271 Å². The molecule has 3 saturated heterocycles. The highest BCUT2D eigenvalue weighted by molar-refractivity contribution is 5.77. The molecule has 0 radical (unpaired) electrons. The summed E-state index contributed by atoms with van der Waals surface area (Å²) in [7, 11) is 0. The average molecular weight is 1320 g/mol. The zero-order chi connectivity index (χ0) is 67.5. The molecule has 3 aliphatic rings. The first kappa shape index (κ1) is 83.7. The molecule has 0 aromatic heterocycles. The van der Waals surface area contributed by atoms with Gasteiger partial charge >= 0.3 is 5.97 Å². The third-order valence-electron chi connectivity index (χ3n) is 18.5. The molecular weight excluding hydrogens is 1190 g/mol. The van der Waals surface area contributed by atoms with Crippen LogP contribution >= 0.6 is 0 Å².